The molecule has 0 amide bonds. The predicted octanol–water partition coefficient (Wildman–Crippen LogP) is 4.31. The molecule has 0 radical (unpaired) electrons. The van der Waals surface area contributed by atoms with Gasteiger partial charge in [0.15, 0.2) is 0 Å². The van der Waals surface area contributed by atoms with Crippen LogP contribution in [0.1, 0.15) is 55.0 Å². The molecule has 34 heavy (non-hydrogen) atoms. The summed E-state index contributed by atoms with van der Waals surface area (Å²) in [6, 6.07) is 14.7. The molecule has 0 unspecified atom stereocenters. The van der Waals surface area contributed by atoms with Crippen LogP contribution in [0.5, 0.6) is 0 Å². The zero-order valence-corrected chi connectivity index (χ0v) is 20.1. The highest BCUT2D eigenvalue weighted by atomic mass is 32.2. The third-order valence-electron chi connectivity index (χ3n) is 7.21. The van der Waals surface area contributed by atoms with Gasteiger partial charge in [0.05, 0.1) is 5.69 Å². The SMILES string of the molecule is C[C@H]1CC[C@@H](c2ccccc2)S(=O)(=O)N1Cc1ccc(N2CCC(n3cnnc3)CC2)c(F)c1. The van der Waals surface area contributed by atoms with Crippen molar-refractivity contribution in [1.82, 2.24) is 19.1 Å². The van der Waals surface area contributed by atoms with E-state index in [9.17, 15) is 8.42 Å². The first-order chi connectivity index (χ1) is 16.4. The molecule has 2 aromatic carbocycles. The van der Waals surface area contributed by atoms with Crippen LogP contribution in [0.15, 0.2) is 61.2 Å². The summed E-state index contributed by atoms with van der Waals surface area (Å²) in [7, 11) is -3.55. The van der Waals surface area contributed by atoms with Gasteiger partial charge in [0.2, 0.25) is 10.0 Å². The van der Waals surface area contributed by atoms with E-state index in [-0.39, 0.29) is 18.4 Å². The summed E-state index contributed by atoms with van der Waals surface area (Å²) in [6.07, 6.45) is 6.62. The Bertz CT molecular complexity index is 1210. The first kappa shape index (κ1) is 23.0. The topological polar surface area (TPSA) is 71.3 Å². The van der Waals surface area contributed by atoms with Crippen molar-refractivity contribution in [2.24, 2.45) is 0 Å². The van der Waals surface area contributed by atoms with Crippen molar-refractivity contribution in [3.63, 3.8) is 0 Å². The molecule has 7 nitrogen and oxygen atoms in total. The van der Waals surface area contributed by atoms with Gasteiger partial charge in [0, 0.05) is 31.7 Å². The van der Waals surface area contributed by atoms with Crippen molar-refractivity contribution in [2.75, 3.05) is 18.0 Å². The third kappa shape index (κ3) is 4.46. The van der Waals surface area contributed by atoms with Gasteiger partial charge < -0.3 is 9.47 Å². The standard InChI is InChI=1S/C25H30FN5O2S/c1-19-7-10-25(21-5-3-2-4-6-21)34(32,33)31(19)16-20-8-9-24(23(26)15-20)29-13-11-22(12-14-29)30-17-27-28-18-30/h2-6,8-9,15,17-19,22,25H,7,10-14,16H2,1H3/t19-,25-/m0/s1. The lowest BCUT2D eigenvalue weighted by Gasteiger charge is -2.37. The smallest absolute Gasteiger partial charge is 0.221 e. The average Bonchev–Trinajstić information content (AvgIpc) is 3.38. The van der Waals surface area contributed by atoms with Gasteiger partial charge in [-0.15, -0.1) is 10.2 Å². The Morgan fingerprint density at radius 3 is 2.35 bits per heavy atom. The summed E-state index contributed by atoms with van der Waals surface area (Å²) in [5, 5.41) is 7.20. The van der Waals surface area contributed by atoms with Crippen LogP contribution in [-0.4, -0.2) is 46.6 Å². The number of sulfonamides is 1. The van der Waals surface area contributed by atoms with Crippen molar-refractivity contribution in [1.29, 1.82) is 0 Å². The lowest BCUT2D eigenvalue weighted by Crippen LogP contribution is -2.44. The zero-order chi connectivity index (χ0) is 23.7. The quantitative estimate of drug-likeness (QED) is 0.541. The molecular weight excluding hydrogens is 453 g/mol. The number of halogens is 1. The summed E-state index contributed by atoms with van der Waals surface area (Å²) in [5.74, 6) is -0.304. The highest BCUT2D eigenvalue weighted by molar-refractivity contribution is 7.89. The van der Waals surface area contributed by atoms with Gasteiger partial charge >= 0.3 is 0 Å². The number of benzene rings is 2. The van der Waals surface area contributed by atoms with Gasteiger partial charge in [-0.25, -0.2) is 12.8 Å². The molecule has 2 atom stereocenters. The Labute approximate surface area is 200 Å². The van der Waals surface area contributed by atoms with Crippen LogP contribution in [0, 0.1) is 5.82 Å². The second-order valence-electron chi connectivity index (χ2n) is 9.33. The fraction of sp³-hybridized carbons (Fsp3) is 0.440. The van der Waals surface area contributed by atoms with E-state index in [1.54, 1.807) is 23.0 Å². The molecule has 5 rings (SSSR count). The number of nitrogens with zero attached hydrogens (tertiary/aromatic N) is 5. The number of rotatable bonds is 5. The molecule has 3 heterocycles. The fourth-order valence-corrected chi connectivity index (χ4v) is 7.44. The Kier molecular flexibility index (Phi) is 6.40. The molecule has 2 fully saturated rings. The van der Waals surface area contributed by atoms with Crippen molar-refractivity contribution in [3.8, 4) is 0 Å². The lowest BCUT2D eigenvalue weighted by molar-refractivity contribution is 0.281. The van der Waals surface area contributed by atoms with Gasteiger partial charge in [-0.2, -0.15) is 4.31 Å². The second-order valence-corrected chi connectivity index (χ2v) is 11.4. The fourth-order valence-electron chi connectivity index (χ4n) is 5.24. The summed E-state index contributed by atoms with van der Waals surface area (Å²) in [5.41, 5.74) is 2.06. The average molecular weight is 484 g/mol. The molecule has 0 bridgehead atoms. The van der Waals surface area contributed by atoms with Crippen LogP contribution >= 0.6 is 0 Å². The molecule has 1 aromatic heterocycles. The predicted molar refractivity (Wildman–Crippen MR) is 129 cm³/mol. The summed E-state index contributed by atoms with van der Waals surface area (Å²) in [4.78, 5) is 2.06. The minimum absolute atomic E-state index is 0.121. The van der Waals surface area contributed by atoms with Crippen LogP contribution in [0.2, 0.25) is 0 Å². The summed E-state index contributed by atoms with van der Waals surface area (Å²) < 4.78 is 45.7. The number of hydrogen-bond donors (Lipinski definition) is 0. The van der Waals surface area contributed by atoms with E-state index in [0.29, 0.717) is 23.7 Å². The van der Waals surface area contributed by atoms with Crippen molar-refractivity contribution >= 4 is 15.7 Å². The molecule has 2 saturated heterocycles. The van der Waals surface area contributed by atoms with E-state index >= 15 is 4.39 Å². The van der Waals surface area contributed by atoms with Gasteiger partial charge in [-0.3, -0.25) is 0 Å². The van der Waals surface area contributed by atoms with E-state index in [1.165, 1.54) is 6.07 Å². The van der Waals surface area contributed by atoms with E-state index in [2.05, 4.69) is 15.1 Å². The minimum Gasteiger partial charge on any atom is -0.369 e. The number of anilines is 1. The minimum atomic E-state index is -3.55. The van der Waals surface area contributed by atoms with Crippen LogP contribution in [0.3, 0.4) is 0 Å². The molecule has 0 saturated carbocycles. The van der Waals surface area contributed by atoms with E-state index < -0.39 is 15.3 Å². The Morgan fingerprint density at radius 1 is 0.971 bits per heavy atom. The van der Waals surface area contributed by atoms with E-state index in [1.807, 2.05) is 47.9 Å². The lowest BCUT2D eigenvalue weighted by atomic mass is 10.0. The number of hydrogen-bond acceptors (Lipinski definition) is 5. The van der Waals surface area contributed by atoms with E-state index in [4.69, 9.17) is 0 Å². The Morgan fingerprint density at radius 2 is 1.68 bits per heavy atom. The Hall–Kier alpha value is -2.78. The maximum atomic E-state index is 15.2. The first-order valence-electron chi connectivity index (χ1n) is 11.9. The third-order valence-corrected chi connectivity index (χ3v) is 9.58. The monoisotopic (exact) mass is 483 g/mol. The normalized spacial score (nSPS) is 23.8. The maximum absolute atomic E-state index is 15.2. The highest BCUT2D eigenvalue weighted by Crippen LogP contribution is 2.38. The van der Waals surface area contributed by atoms with Gasteiger partial charge in [-0.1, -0.05) is 36.4 Å². The molecule has 2 aliphatic heterocycles. The molecular formula is C25H30FN5O2S. The Balaban J connectivity index is 1.30. The molecule has 0 aliphatic carbocycles. The van der Waals surface area contributed by atoms with Gasteiger partial charge in [-0.05, 0) is 55.9 Å². The molecule has 9 heteroatoms. The van der Waals surface area contributed by atoms with Crippen molar-refractivity contribution in [2.45, 2.75) is 56.5 Å². The van der Waals surface area contributed by atoms with Gasteiger partial charge in [0.25, 0.3) is 0 Å². The van der Waals surface area contributed by atoms with Crippen molar-refractivity contribution < 1.29 is 12.8 Å². The largest absolute Gasteiger partial charge is 0.369 e. The molecule has 0 N–H and O–H groups in total. The van der Waals surface area contributed by atoms with Crippen molar-refractivity contribution in [3.05, 3.63) is 78.1 Å². The maximum Gasteiger partial charge on any atom is 0.221 e. The second kappa shape index (κ2) is 9.46. The van der Waals surface area contributed by atoms with Crippen LogP contribution in [-0.2, 0) is 16.6 Å². The van der Waals surface area contributed by atoms with E-state index in [0.717, 1.165) is 37.9 Å². The molecule has 2 aliphatic rings. The summed E-state index contributed by atoms with van der Waals surface area (Å²) in [6.45, 7) is 3.61. The molecule has 180 valence electrons. The number of aromatic nitrogens is 3. The molecule has 3 aromatic rings. The van der Waals surface area contributed by atoms with Crippen LogP contribution in [0.25, 0.3) is 0 Å². The van der Waals surface area contributed by atoms with Crippen LogP contribution < -0.4 is 4.90 Å². The highest BCUT2D eigenvalue weighted by Gasteiger charge is 2.40. The van der Waals surface area contributed by atoms with Crippen LogP contribution in [0.4, 0.5) is 10.1 Å². The first-order valence-corrected chi connectivity index (χ1v) is 13.4. The molecule has 0 spiro atoms. The zero-order valence-electron chi connectivity index (χ0n) is 19.3. The summed E-state index contributed by atoms with van der Waals surface area (Å²) >= 11 is 0. The number of piperidine rings is 1. The van der Waals surface area contributed by atoms with Gasteiger partial charge in [0.1, 0.15) is 23.7 Å².